The van der Waals surface area contributed by atoms with Gasteiger partial charge in [-0.1, -0.05) is 12.1 Å². The van der Waals surface area contributed by atoms with Crippen LogP contribution in [0.4, 0.5) is 0 Å². The Hall–Kier alpha value is -0.770. The van der Waals surface area contributed by atoms with Crippen LogP contribution >= 0.6 is 12.4 Å². The summed E-state index contributed by atoms with van der Waals surface area (Å²) in [5.74, 6) is 0.549. The number of rotatable bonds is 3. The number of aromatic hydroxyl groups is 1. The Morgan fingerprint density at radius 3 is 2.53 bits per heavy atom. The highest BCUT2D eigenvalue weighted by Crippen LogP contribution is 2.37. The number of hydrogen-bond acceptors (Lipinski definition) is 3. The van der Waals surface area contributed by atoms with Crippen molar-refractivity contribution in [3.63, 3.8) is 0 Å². The fourth-order valence-electron chi connectivity index (χ4n) is 1.66. The molecule has 0 saturated heterocycles. The summed E-state index contributed by atoms with van der Waals surface area (Å²) in [4.78, 5) is 0. The minimum atomic E-state index is -0.475. The Morgan fingerprint density at radius 2 is 2.00 bits per heavy atom. The zero-order chi connectivity index (χ0) is 10.1. The topological polar surface area (TPSA) is 66.5 Å². The third kappa shape index (κ3) is 2.84. The molecule has 0 spiro atoms. The Labute approximate surface area is 95.3 Å². The number of nitrogens with two attached hydrogens (primary N) is 1. The molecule has 0 radical (unpaired) electrons. The quantitative estimate of drug-likeness (QED) is 0.738. The lowest BCUT2D eigenvalue weighted by atomic mass is 9.99. The fraction of sp³-hybridized carbons (Fsp3) is 0.455. The molecule has 1 aromatic rings. The summed E-state index contributed by atoms with van der Waals surface area (Å²) >= 11 is 0. The van der Waals surface area contributed by atoms with Crippen molar-refractivity contribution in [3.8, 4) is 5.75 Å². The summed E-state index contributed by atoms with van der Waals surface area (Å²) in [7, 11) is 0. The van der Waals surface area contributed by atoms with Crippen molar-refractivity contribution >= 4 is 12.4 Å². The summed E-state index contributed by atoms with van der Waals surface area (Å²) in [5.41, 5.74) is 6.68. The van der Waals surface area contributed by atoms with Gasteiger partial charge in [0.2, 0.25) is 0 Å². The maximum atomic E-state index is 9.80. The van der Waals surface area contributed by atoms with E-state index in [0.29, 0.717) is 5.92 Å². The molecule has 0 bridgehead atoms. The van der Waals surface area contributed by atoms with E-state index in [2.05, 4.69) is 0 Å². The first kappa shape index (κ1) is 12.3. The predicted octanol–water partition coefficient (Wildman–Crippen LogP) is 1.58. The van der Waals surface area contributed by atoms with E-state index in [4.69, 9.17) is 5.73 Å². The zero-order valence-electron chi connectivity index (χ0n) is 8.34. The molecule has 2 rings (SSSR count). The lowest BCUT2D eigenvalue weighted by molar-refractivity contribution is 0.122. The largest absolute Gasteiger partial charge is 0.508 e. The van der Waals surface area contributed by atoms with Gasteiger partial charge in [0.05, 0.1) is 12.1 Å². The van der Waals surface area contributed by atoms with E-state index in [1.165, 1.54) is 0 Å². The Kier molecular flexibility index (Phi) is 3.97. The van der Waals surface area contributed by atoms with Gasteiger partial charge in [-0.25, -0.2) is 0 Å². The van der Waals surface area contributed by atoms with Crippen molar-refractivity contribution in [2.24, 2.45) is 11.7 Å². The van der Waals surface area contributed by atoms with Gasteiger partial charge in [-0.05, 0) is 36.5 Å². The first-order valence-electron chi connectivity index (χ1n) is 4.91. The summed E-state index contributed by atoms with van der Waals surface area (Å²) in [5, 5.41) is 19.1. The van der Waals surface area contributed by atoms with Crippen molar-refractivity contribution in [1.82, 2.24) is 0 Å². The molecule has 0 amide bonds. The number of phenolic OH excluding ortho intramolecular Hbond substituents is 1. The average Bonchev–Trinajstić information content (AvgIpc) is 2.99. The van der Waals surface area contributed by atoms with Crippen LogP contribution in [0.25, 0.3) is 0 Å². The van der Waals surface area contributed by atoms with Crippen LogP contribution in [0, 0.1) is 5.92 Å². The van der Waals surface area contributed by atoms with E-state index in [1.807, 2.05) is 6.07 Å². The second-order valence-corrected chi connectivity index (χ2v) is 3.95. The molecule has 0 unspecified atom stereocenters. The number of phenols is 1. The maximum absolute atomic E-state index is 9.80. The van der Waals surface area contributed by atoms with Crippen LogP contribution in [0.5, 0.6) is 5.75 Å². The van der Waals surface area contributed by atoms with Crippen molar-refractivity contribution in [3.05, 3.63) is 29.8 Å². The molecule has 1 saturated carbocycles. The van der Waals surface area contributed by atoms with Gasteiger partial charge >= 0.3 is 0 Å². The number of hydrogen-bond donors (Lipinski definition) is 3. The van der Waals surface area contributed by atoms with Gasteiger partial charge in [0.15, 0.2) is 0 Å². The van der Waals surface area contributed by atoms with Crippen molar-refractivity contribution in [2.45, 2.75) is 25.0 Å². The molecule has 4 N–H and O–H groups in total. The Morgan fingerprint density at radius 1 is 1.33 bits per heavy atom. The second kappa shape index (κ2) is 4.84. The minimum Gasteiger partial charge on any atom is -0.508 e. The first-order valence-corrected chi connectivity index (χ1v) is 4.91. The average molecular weight is 230 g/mol. The lowest BCUT2D eigenvalue weighted by Crippen LogP contribution is -2.27. The minimum absolute atomic E-state index is 0. The van der Waals surface area contributed by atoms with Gasteiger partial charge in [0.25, 0.3) is 0 Å². The van der Waals surface area contributed by atoms with E-state index >= 15 is 0 Å². The molecule has 0 aliphatic heterocycles. The first-order chi connectivity index (χ1) is 6.68. The molecule has 1 aromatic carbocycles. The smallest absolute Gasteiger partial charge is 0.115 e. The van der Waals surface area contributed by atoms with Gasteiger partial charge in [-0.3, -0.25) is 0 Å². The molecule has 84 valence electrons. The third-order valence-corrected chi connectivity index (χ3v) is 2.73. The molecule has 1 aliphatic carbocycles. The zero-order valence-corrected chi connectivity index (χ0v) is 9.15. The molecule has 1 aliphatic rings. The van der Waals surface area contributed by atoms with Crippen molar-refractivity contribution < 1.29 is 10.2 Å². The highest BCUT2D eigenvalue weighted by Gasteiger charge is 2.34. The van der Waals surface area contributed by atoms with Crippen molar-refractivity contribution in [2.75, 3.05) is 0 Å². The summed E-state index contributed by atoms with van der Waals surface area (Å²) in [6.45, 7) is 0. The predicted molar refractivity (Wildman–Crippen MR) is 61.0 cm³/mol. The Balaban J connectivity index is 0.00000112. The van der Waals surface area contributed by atoms with Crippen LogP contribution < -0.4 is 5.73 Å². The molecule has 1 fully saturated rings. The molecule has 3 nitrogen and oxygen atoms in total. The highest BCUT2D eigenvalue weighted by atomic mass is 35.5. The van der Waals surface area contributed by atoms with E-state index in [9.17, 15) is 10.2 Å². The molecule has 4 heteroatoms. The monoisotopic (exact) mass is 229 g/mol. The third-order valence-electron chi connectivity index (χ3n) is 2.73. The summed E-state index contributed by atoms with van der Waals surface area (Å²) in [6, 6.07) is 6.39. The molecular formula is C11H16ClNO2. The van der Waals surface area contributed by atoms with Crippen LogP contribution in [0.1, 0.15) is 24.4 Å². The number of aliphatic hydroxyl groups is 1. The fourth-order valence-corrected chi connectivity index (χ4v) is 1.66. The van der Waals surface area contributed by atoms with E-state index in [1.54, 1.807) is 18.2 Å². The van der Waals surface area contributed by atoms with Crippen LogP contribution in [0.15, 0.2) is 24.3 Å². The van der Waals surface area contributed by atoms with E-state index < -0.39 is 6.10 Å². The number of aliphatic hydroxyl groups excluding tert-OH is 1. The van der Waals surface area contributed by atoms with E-state index in [0.717, 1.165) is 18.4 Å². The molecule has 2 atom stereocenters. The summed E-state index contributed by atoms with van der Waals surface area (Å²) in [6.07, 6.45) is 1.65. The molecular weight excluding hydrogens is 214 g/mol. The normalized spacial score (nSPS) is 19.1. The van der Waals surface area contributed by atoms with Crippen LogP contribution in [-0.4, -0.2) is 16.3 Å². The molecule has 15 heavy (non-hydrogen) atoms. The van der Waals surface area contributed by atoms with Gasteiger partial charge in [0.1, 0.15) is 5.75 Å². The van der Waals surface area contributed by atoms with Gasteiger partial charge in [-0.2, -0.15) is 0 Å². The Bertz CT molecular complexity index is 328. The van der Waals surface area contributed by atoms with Gasteiger partial charge in [-0.15, -0.1) is 12.4 Å². The van der Waals surface area contributed by atoms with Crippen molar-refractivity contribution in [1.29, 1.82) is 0 Å². The molecule has 0 aromatic heterocycles. The van der Waals surface area contributed by atoms with Gasteiger partial charge in [0, 0.05) is 0 Å². The second-order valence-electron chi connectivity index (χ2n) is 3.95. The van der Waals surface area contributed by atoms with Gasteiger partial charge < -0.3 is 15.9 Å². The highest BCUT2D eigenvalue weighted by molar-refractivity contribution is 5.85. The van der Waals surface area contributed by atoms with Crippen LogP contribution in [-0.2, 0) is 0 Å². The number of halogens is 1. The SMILES string of the molecule is Cl.N[C@@H](c1cccc(O)c1)[C@H](O)C1CC1. The summed E-state index contributed by atoms with van der Waals surface area (Å²) < 4.78 is 0. The van der Waals surface area contributed by atoms with Crippen LogP contribution in [0.3, 0.4) is 0 Å². The standard InChI is InChI=1S/C11H15NO2.ClH/c12-10(11(14)7-4-5-7)8-2-1-3-9(13)6-8;/h1-3,6-7,10-11,13-14H,4-5,12H2;1H/t10-,11+;/m0./s1. The molecule has 0 heterocycles. The number of benzene rings is 1. The lowest BCUT2D eigenvalue weighted by Gasteiger charge is -2.18. The van der Waals surface area contributed by atoms with E-state index in [-0.39, 0.29) is 24.2 Å². The van der Waals surface area contributed by atoms with Crippen LogP contribution in [0.2, 0.25) is 0 Å². The maximum Gasteiger partial charge on any atom is 0.115 e.